The molecule has 0 atom stereocenters. The number of carboxylic acids is 2. The molecule has 2 aliphatic rings. The van der Waals surface area contributed by atoms with Gasteiger partial charge in [0.25, 0.3) is 11.5 Å². The van der Waals surface area contributed by atoms with Crippen molar-refractivity contribution in [1.82, 2.24) is 14.4 Å². The number of carbonyl (C=O) groups is 3. The van der Waals surface area contributed by atoms with Crippen LogP contribution in [0.1, 0.15) is 35.2 Å². The normalized spacial score (nSPS) is 15.8. The molecule has 2 aromatic carbocycles. The zero-order valence-electron chi connectivity index (χ0n) is 21.7. The van der Waals surface area contributed by atoms with Crippen molar-refractivity contribution < 1.29 is 24.6 Å². The minimum Gasteiger partial charge on any atom is -0.478 e. The maximum atomic E-state index is 12.6. The zero-order valence-corrected chi connectivity index (χ0v) is 21.7. The number of piperidine rings is 1. The predicted octanol–water partition coefficient (Wildman–Crippen LogP) is 3.47. The fourth-order valence-corrected chi connectivity index (χ4v) is 5.24. The number of aliphatic carboxylic acids is 2. The van der Waals surface area contributed by atoms with E-state index in [-0.39, 0.29) is 11.5 Å². The van der Waals surface area contributed by atoms with E-state index in [4.69, 9.17) is 10.2 Å². The van der Waals surface area contributed by atoms with Crippen LogP contribution < -0.4 is 5.56 Å². The summed E-state index contributed by atoms with van der Waals surface area (Å²) in [5.41, 5.74) is 3.14. The quantitative estimate of drug-likeness (QED) is 0.427. The molecule has 2 N–H and O–H groups in total. The molecule has 39 heavy (non-hydrogen) atoms. The van der Waals surface area contributed by atoms with Gasteiger partial charge < -0.3 is 24.6 Å². The number of fused-ring (bicyclic) bond motifs is 2. The summed E-state index contributed by atoms with van der Waals surface area (Å²) in [6.45, 7) is 5.53. The lowest BCUT2D eigenvalue weighted by Crippen LogP contribution is -2.39. The molecule has 1 fully saturated rings. The van der Waals surface area contributed by atoms with Crippen LogP contribution in [0.15, 0.2) is 77.6 Å². The van der Waals surface area contributed by atoms with E-state index in [1.807, 2.05) is 51.9 Å². The van der Waals surface area contributed by atoms with Gasteiger partial charge in [-0.1, -0.05) is 36.4 Å². The van der Waals surface area contributed by atoms with Crippen molar-refractivity contribution in [3.05, 3.63) is 94.3 Å². The first-order valence-electron chi connectivity index (χ1n) is 13.1. The van der Waals surface area contributed by atoms with E-state index in [9.17, 15) is 19.2 Å². The molecule has 3 aromatic rings. The molecule has 0 bridgehead atoms. The zero-order chi connectivity index (χ0) is 27.8. The second-order valence-electron chi connectivity index (χ2n) is 9.87. The van der Waals surface area contributed by atoms with Crippen LogP contribution in [0.2, 0.25) is 0 Å². The highest BCUT2D eigenvalue weighted by atomic mass is 16.4. The Morgan fingerprint density at radius 3 is 2.21 bits per heavy atom. The first-order valence-corrected chi connectivity index (χ1v) is 13.1. The third-order valence-corrected chi connectivity index (χ3v) is 7.21. The smallest absolute Gasteiger partial charge is 0.328 e. The average Bonchev–Trinajstić information content (AvgIpc) is 3.25. The lowest BCUT2D eigenvalue weighted by Gasteiger charge is -2.33. The fraction of sp³-hybridized carbons (Fsp3) is 0.333. The summed E-state index contributed by atoms with van der Waals surface area (Å²) in [5, 5.41) is 16.7. The predicted molar refractivity (Wildman–Crippen MR) is 148 cm³/mol. The van der Waals surface area contributed by atoms with Crippen LogP contribution in [0, 0.1) is 5.92 Å². The summed E-state index contributed by atoms with van der Waals surface area (Å²) in [6, 6.07) is 19.6. The minimum absolute atomic E-state index is 0.0775. The Balaban J connectivity index is 0.000000386. The van der Waals surface area contributed by atoms with Crippen molar-refractivity contribution in [2.75, 3.05) is 26.2 Å². The number of hydrogen-bond donors (Lipinski definition) is 2. The lowest BCUT2D eigenvalue weighted by atomic mass is 9.96. The van der Waals surface area contributed by atoms with Crippen molar-refractivity contribution in [3.63, 3.8) is 0 Å². The van der Waals surface area contributed by atoms with Crippen LogP contribution in [-0.2, 0) is 22.7 Å². The summed E-state index contributed by atoms with van der Waals surface area (Å²) >= 11 is 0. The fourth-order valence-electron chi connectivity index (χ4n) is 5.24. The summed E-state index contributed by atoms with van der Waals surface area (Å²) < 4.78 is 1.90. The molecule has 0 saturated carbocycles. The van der Waals surface area contributed by atoms with Crippen LogP contribution in [0.3, 0.4) is 0 Å². The van der Waals surface area contributed by atoms with E-state index in [1.54, 1.807) is 6.07 Å². The van der Waals surface area contributed by atoms with Crippen molar-refractivity contribution in [1.29, 1.82) is 0 Å². The number of carboxylic acid groups (broad SMARTS) is 2. The lowest BCUT2D eigenvalue weighted by molar-refractivity contribution is -0.134. The molecular formula is C30H33N3O6. The van der Waals surface area contributed by atoms with E-state index in [0.29, 0.717) is 18.1 Å². The maximum absolute atomic E-state index is 12.6. The molecule has 9 heteroatoms. The molecule has 3 heterocycles. The Kier molecular flexibility index (Phi) is 9.27. The molecule has 9 nitrogen and oxygen atoms in total. The number of benzene rings is 2. The van der Waals surface area contributed by atoms with Gasteiger partial charge in [-0.05, 0) is 74.0 Å². The van der Waals surface area contributed by atoms with Crippen LogP contribution in [0.5, 0.6) is 0 Å². The molecule has 204 valence electrons. The Labute approximate surface area is 226 Å². The van der Waals surface area contributed by atoms with Gasteiger partial charge in [0, 0.05) is 43.4 Å². The van der Waals surface area contributed by atoms with E-state index in [0.717, 1.165) is 80.6 Å². The second kappa shape index (κ2) is 13.0. The molecule has 1 aromatic heterocycles. The number of aryl methyl sites for hydroxylation is 1. The number of carbonyl (C=O) groups excluding carboxylic acids is 1. The van der Waals surface area contributed by atoms with Gasteiger partial charge in [0.1, 0.15) is 0 Å². The Morgan fingerprint density at radius 2 is 1.51 bits per heavy atom. The molecule has 0 spiro atoms. The van der Waals surface area contributed by atoms with Crippen LogP contribution in [-0.4, -0.2) is 68.6 Å². The summed E-state index contributed by atoms with van der Waals surface area (Å²) in [4.78, 5) is 48.6. The Bertz CT molecular complexity index is 1410. The van der Waals surface area contributed by atoms with Gasteiger partial charge in [-0.3, -0.25) is 9.59 Å². The molecule has 1 saturated heterocycles. The highest BCUT2D eigenvalue weighted by Crippen LogP contribution is 2.26. The average molecular weight is 532 g/mol. The number of likely N-dealkylation sites (tertiary alicyclic amines) is 1. The Morgan fingerprint density at radius 1 is 0.846 bits per heavy atom. The van der Waals surface area contributed by atoms with Crippen molar-refractivity contribution in [2.24, 2.45) is 5.92 Å². The monoisotopic (exact) mass is 531 g/mol. The van der Waals surface area contributed by atoms with Gasteiger partial charge in [-0.25, -0.2) is 9.59 Å². The highest BCUT2D eigenvalue weighted by molar-refractivity contribution is 5.98. The summed E-state index contributed by atoms with van der Waals surface area (Å²) in [6.07, 6.45) is 4.35. The SMILES string of the molecule is O=C(O)C=CC(=O)O.O=C1c2ccccc2CN1CC1CCN(CCCn2c(=O)ccc3ccccc32)CC1. The van der Waals surface area contributed by atoms with Crippen LogP contribution in [0.25, 0.3) is 10.9 Å². The minimum atomic E-state index is -1.26. The number of rotatable bonds is 8. The third-order valence-electron chi connectivity index (χ3n) is 7.21. The number of para-hydroxylation sites is 1. The molecule has 1 amide bonds. The van der Waals surface area contributed by atoms with Crippen molar-refractivity contribution in [2.45, 2.75) is 32.4 Å². The number of pyridine rings is 1. The standard InChI is InChI=1S/C26H29N3O2.C4H4O4/c30-25-11-10-21-6-2-4-9-24(21)29(25)15-5-14-27-16-12-20(13-17-27)18-28-19-22-7-1-3-8-23(22)26(28)31;5-3(6)1-2-4(7)8/h1-4,6-11,20H,5,12-19H2;1-2H,(H,5,6)(H,7,8). The topological polar surface area (TPSA) is 120 Å². The van der Waals surface area contributed by atoms with Gasteiger partial charge in [-0.2, -0.15) is 0 Å². The van der Waals surface area contributed by atoms with E-state index in [2.05, 4.69) is 17.0 Å². The third kappa shape index (κ3) is 7.42. The van der Waals surface area contributed by atoms with Gasteiger partial charge in [0.15, 0.2) is 0 Å². The molecule has 0 unspecified atom stereocenters. The molecule has 2 aliphatic heterocycles. The molecule has 0 radical (unpaired) electrons. The number of amides is 1. The van der Waals surface area contributed by atoms with Gasteiger partial charge >= 0.3 is 11.9 Å². The second-order valence-corrected chi connectivity index (χ2v) is 9.87. The van der Waals surface area contributed by atoms with Crippen molar-refractivity contribution in [3.8, 4) is 0 Å². The molecular weight excluding hydrogens is 498 g/mol. The number of nitrogens with zero attached hydrogens (tertiary/aromatic N) is 3. The Hall–Kier alpha value is -4.24. The first-order chi connectivity index (χ1) is 18.8. The van der Waals surface area contributed by atoms with E-state index < -0.39 is 11.9 Å². The number of hydrogen-bond acceptors (Lipinski definition) is 5. The van der Waals surface area contributed by atoms with Crippen LogP contribution in [0.4, 0.5) is 0 Å². The van der Waals surface area contributed by atoms with Crippen LogP contribution >= 0.6 is 0 Å². The van der Waals surface area contributed by atoms with E-state index in [1.165, 1.54) is 0 Å². The summed E-state index contributed by atoms with van der Waals surface area (Å²) in [7, 11) is 0. The molecule has 0 aliphatic carbocycles. The van der Waals surface area contributed by atoms with Gasteiger partial charge in [-0.15, -0.1) is 0 Å². The van der Waals surface area contributed by atoms with Gasteiger partial charge in [0.05, 0.1) is 5.52 Å². The van der Waals surface area contributed by atoms with Crippen molar-refractivity contribution >= 4 is 28.7 Å². The maximum Gasteiger partial charge on any atom is 0.328 e. The summed E-state index contributed by atoms with van der Waals surface area (Å²) in [5.74, 6) is -1.74. The van der Waals surface area contributed by atoms with Gasteiger partial charge in [0.2, 0.25) is 0 Å². The first kappa shape index (κ1) is 27.8. The van der Waals surface area contributed by atoms with E-state index >= 15 is 0 Å². The highest BCUT2D eigenvalue weighted by Gasteiger charge is 2.30. The number of aromatic nitrogens is 1. The molecule has 5 rings (SSSR count). The largest absolute Gasteiger partial charge is 0.478 e.